The lowest BCUT2D eigenvalue weighted by Gasteiger charge is -2.27. The molecule has 0 spiro atoms. The summed E-state index contributed by atoms with van der Waals surface area (Å²) >= 11 is 0. The number of hydrogen-bond acceptors (Lipinski definition) is 2. The molecule has 0 saturated carbocycles. The van der Waals surface area contributed by atoms with Gasteiger partial charge in [0.05, 0.1) is 24.5 Å². The molecule has 0 aliphatic carbocycles. The molecule has 1 aromatic rings. The number of halogens is 1. The molecule has 6 heteroatoms. The average Bonchev–Trinajstić information content (AvgIpc) is 2.46. The summed E-state index contributed by atoms with van der Waals surface area (Å²) < 4.78 is 39.4. The van der Waals surface area contributed by atoms with E-state index in [1.54, 1.807) is 4.90 Å². The van der Waals surface area contributed by atoms with Crippen LogP contribution in [0.15, 0.2) is 29.2 Å². The first-order chi connectivity index (χ1) is 9.97. The molecule has 0 unspecified atom stereocenters. The van der Waals surface area contributed by atoms with Crippen LogP contribution in [0.4, 0.5) is 4.39 Å². The Labute approximate surface area is 126 Å². The molecule has 1 aliphatic rings. The fraction of sp³-hybridized carbons (Fsp3) is 0.600. The van der Waals surface area contributed by atoms with Crippen molar-refractivity contribution >= 4 is 10.0 Å². The van der Waals surface area contributed by atoms with Crippen molar-refractivity contribution in [2.45, 2.75) is 31.1 Å². The quantitative estimate of drug-likeness (QED) is 0.763. The molecule has 2 rings (SSSR count). The third-order valence-corrected chi connectivity index (χ3v) is 5.58. The highest BCUT2D eigenvalue weighted by Gasteiger charge is 2.19. The molecule has 1 fully saturated rings. The maximum atomic E-state index is 12.8. The lowest BCUT2D eigenvalue weighted by Crippen LogP contribution is -3.13. The van der Waals surface area contributed by atoms with E-state index in [2.05, 4.69) is 11.6 Å². The summed E-state index contributed by atoms with van der Waals surface area (Å²) in [5.41, 5.74) is 0. The molecule has 2 N–H and O–H groups in total. The van der Waals surface area contributed by atoms with Crippen molar-refractivity contribution in [2.24, 2.45) is 5.92 Å². The lowest BCUT2D eigenvalue weighted by atomic mass is 9.99. The van der Waals surface area contributed by atoms with Crippen molar-refractivity contribution in [2.75, 3.05) is 26.2 Å². The predicted octanol–water partition coefficient (Wildman–Crippen LogP) is 0.809. The van der Waals surface area contributed by atoms with Gasteiger partial charge in [0.2, 0.25) is 10.0 Å². The SMILES string of the molecule is CC1CC[NH+](CCCNS(=O)(=O)c2ccc(F)cc2)CC1. The summed E-state index contributed by atoms with van der Waals surface area (Å²) in [6, 6.07) is 4.89. The zero-order valence-electron chi connectivity index (χ0n) is 12.4. The van der Waals surface area contributed by atoms with Crippen LogP contribution in [0.1, 0.15) is 26.2 Å². The van der Waals surface area contributed by atoms with Gasteiger partial charge in [-0.25, -0.2) is 17.5 Å². The van der Waals surface area contributed by atoms with Crippen molar-refractivity contribution in [3.05, 3.63) is 30.1 Å². The number of likely N-dealkylation sites (tertiary alicyclic amines) is 1. The molecule has 0 amide bonds. The van der Waals surface area contributed by atoms with Crippen LogP contribution in [-0.4, -0.2) is 34.6 Å². The second kappa shape index (κ2) is 7.33. The number of quaternary nitrogens is 1. The third kappa shape index (κ3) is 5.05. The van der Waals surface area contributed by atoms with Crippen LogP contribution in [0.5, 0.6) is 0 Å². The molecule has 1 aliphatic heterocycles. The van der Waals surface area contributed by atoms with Crippen LogP contribution in [0.25, 0.3) is 0 Å². The molecule has 1 heterocycles. The molecule has 1 saturated heterocycles. The van der Waals surface area contributed by atoms with E-state index in [0.29, 0.717) is 6.54 Å². The number of nitrogens with one attached hydrogen (secondary N) is 2. The number of sulfonamides is 1. The lowest BCUT2D eigenvalue weighted by molar-refractivity contribution is -0.906. The van der Waals surface area contributed by atoms with Crippen molar-refractivity contribution in [1.82, 2.24) is 4.72 Å². The molecular formula is C15H24FN2O2S+. The highest BCUT2D eigenvalue weighted by Crippen LogP contribution is 2.09. The topological polar surface area (TPSA) is 50.6 Å². The average molecular weight is 315 g/mol. The van der Waals surface area contributed by atoms with Crippen molar-refractivity contribution < 1.29 is 17.7 Å². The maximum absolute atomic E-state index is 12.8. The van der Waals surface area contributed by atoms with E-state index in [4.69, 9.17) is 0 Å². The zero-order valence-corrected chi connectivity index (χ0v) is 13.3. The Morgan fingerprint density at radius 3 is 2.48 bits per heavy atom. The Kier molecular flexibility index (Phi) is 5.72. The van der Waals surface area contributed by atoms with Crippen LogP contribution in [0.3, 0.4) is 0 Å². The summed E-state index contributed by atoms with van der Waals surface area (Å²) in [5, 5.41) is 0. The minimum atomic E-state index is -3.51. The molecule has 0 atom stereocenters. The van der Waals surface area contributed by atoms with Crippen molar-refractivity contribution in [1.29, 1.82) is 0 Å². The number of benzene rings is 1. The van der Waals surface area contributed by atoms with Gasteiger partial charge in [-0.2, -0.15) is 0 Å². The third-order valence-electron chi connectivity index (χ3n) is 4.10. The van der Waals surface area contributed by atoms with Gasteiger partial charge < -0.3 is 4.90 Å². The zero-order chi connectivity index (χ0) is 15.3. The van der Waals surface area contributed by atoms with Gasteiger partial charge in [-0.05, 0) is 43.0 Å². The van der Waals surface area contributed by atoms with E-state index in [0.717, 1.165) is 31.0 Å². The van der Waals surface area contributed by atoms with E-state index in [1.165, 1.54) is 38.1 Å². The normalized spacial score (nSPS) is 23.1. The van der Waals surface area contributed by atoms with Crippen LogP contribution < -0.4 is 9.62 Å². The minimum Gasteiger partial charge on any atom is -0.335 e. The Balaban J connectivity index is 1.73. The van der Waals surface area contributed by atoms with Gasteiger partial charge in [-0.3, -0.25) is 0 Å². The van der Waals surface area contributed by atoms with Gasteiger partial charge in [0, 0.05) is 13.0 Å². The fourth-order valence-electron chi connectivity index (χ4n) is 2.66. The van der Waals surface area contributed by atoms with E-state index >= 15 is 0 Å². The Morgan fingerprint density at radius 2 is 1.86 bits per heavy atom. The minimum absolute atomic E-state index is 0.114. The number of piperidine rings is 1. The standard InChI is InChI=1S/C15H23FN2O2S/c1-13-7-11-18(12-8-13)10-2-9-17-21(19,20)15-5-3-14(16)4-6-15/h3-6,13,17H,2,7-12H2,1H3/p+1. The van der Waals surface area contributed by atoms with E-state index < -0.39 is 15.8 Å². The first-order valence-corrected chi connectivity index (χ1v) is 9.04. The second-order valence-electron chi connectivity index (χ2n) is 5.89. The molecule has 4 nitrogen and oxygen atoms in total. The number of rotatable bonds is 6. The highest BCUT2D eigenvalue weighted by molar-refractivity contribution is 7.89. The molecule has 0 aromatic heterocycles. The first-order valence-electron chi connectivity index (χ1n) is 7.56. The van der Waals surface area contributed by atoms with Gasteiger partial charge in [0.25, 0.3) is 0 Å². The first kappa shape index (κ1) is 16.4. The van der Waals surface area contributed by atoms with E-state index in [1.807, 2.05) is 0 Å². The largest absolute Gasteiger partial charge is 0.335 e. The van der Waals surface area contributed by atoms with Gasteiger partial charge in [-0.1, -0.05) is 6.92 Å². The summed E-state index contributed by atoms with van der Waals surface area (Å²) in [6.07, 6.45) is 3.34. The molecule has 1 aromatic carbocycles. The van der Waals surface area contributed by atoms with Gasteiger partial charge >= 0.3 is 0 Å². The van der Waals surface area contributed by atoms with Crippen LogP contribution >= 0.6 is 0 Å². The van der Waals surface area contributed by atoms with Gasteiger partial charge in [0.15, 0.2) is 0 Å². The monoisotopic (exact) mass is 315 g/mol. The highest BCUT2D eigenvalue weighted by atomic mass is 32.2. The molecule has 118 valence electrons. The Morgan fingerprint density at radius 1 is 1.24 bits per heavy atom. The molecule has 0 bridgehead atoms. The van der Waals surface area contributed by atoms with E-state index in [-0.39, 0.29) is 4.90 Å². The van der Waals surface area contributed by atoms with Crippen LogP contribution in [0, 0.1) is 11.7 Å². The Bertz CT molecular complexity index is 537. The summed E-state index contributed by atoms with van der Waals surface area (Å²) in [7, 11) is -3.51. The molecular weight excluding hydrogens is 291 g/mol. The fourth-order valence-corrected chi connectivity index (χ4v) is 3.74. The molecule has 21 heavy (non-hydrogen) atoms. The second-order valence-corrected chi connectivity index (χ2v) is 7.65. The summed E-state index contributed by atoms with van der Waals surface area (Å²) in [5.74, 6) is 0.391. The summed E-state index contributed by atoms with van der Waals surface area (Å²) in [4.78, 5) is 1.68. The van der Waals surface area contributed by atoms with Crippen LogP contribution in [-0.2, 0) is 10.0 Å². The maximum Gasteiger partial charge on any atom is 0.240 e. The predicted molar refractivity (Wildman–Crippen MR) is 80.2 cm³/mol. The van der Waals surface area contributed by atoms with Gasteiger partial charge in [-0.15, -0.1) is 0 Å². The smallest absolute Gasteiger partial charge is 0.240 e. The van der Waals surface area contributed by atoms with E-state index in [9.17, 15) is 12.8 Å². The molecule has 0 radical (unpaired) electrons. The summed E-state index contributed by atoms with van der Waals surface area (Å²) in [6.45, 7) is 6.09. The Hall–Kier alpha value is -0.980. The van der Waals surface area contributed by atoms with Crippen molar-refractivity contribution in [3.63, 3.8) is 0 Å². The van der Waals surface area contributed by atoms with Crippen molar-refractivity contribution in [3.8, 4) is 0 Å². The van der Waals surface area contributed by atoms with Gasteiger partial charge in [0.1, 0.15) is 5.82 Å². The van der Waals surface area contributed by atoms with Crippen LogP contribution in [0.2, 0.25) is 0 Å². The number of hydrogen-bond donors (Lipinski definition) is 2.